The van der Waals surface area contributed by atoms with Gasteiger partial charge in [0.2, 0.25) is 0 Å². The van der Waals surface area contributed by atoms with Crippen LogP contribution in [0.1, 0.15) is 14.8 Å². The number of carbonyl (C=O) groups is 1. The molecule has 0 aliphatic heterocycles. The second kappa shape index (κ2) is 11.4. The van der Waals surface area contributed by atoms with Crippen molar-refractivity contribution in [3.63, 3.8) is 0 Å². The van der Waals surface area contributed by atoms with Crippen molar-refractivity contribution >= 4 is 17.9 Å². The summed E-state index contributed by atoms with van der Waals surface area (Å²) in [5, 5.41) is 10.1. The lowest BCUT2D eigenvalue weighted by Gasteiger charge is -1.91. The molecule has 0 bridgehead atoms. The van der Waals surface area contributed by atoms with E-state index in [2.05, 4.69) is 5.32 Å². The molecule has 0 unspecified atom stereocenters. The fraction of sp³-hybridized carbons (Fsp3) is 0.833. The van der Waals surface area contributed by atoms with Crippen LogP contribution in [0.2, 0.25) is 0 Å². The van der Waals surface area contributed by atoms with Crippen LogP contribution in [0.25, 0.3) is 0 Å². The Bertz CT molecular complexity index is 83.0. The summed E-state index contributed by atoms with van der Waals surface area (Å²) in [6.45, 7) is 2.46. The number of carboxylic acid groups (broad SMARTS) is 1. The Hall–Kier alpha value is -0.380. The summed E-state index contributed by atoms with van der Waals surface area (Å²) >= 11 is 1.75. The van der Waals surface area contributed by atoms with E-state index in [0.29, 0.717) is 6.54 Å². The third-order valence-corrected chi connectivity index (χ3v) is 0.526. The Kier molecular flexibility index (Phi) is 14.1. The highest BCUT2D eigenvalue weighted by atomic mass is 32.2. The van der Waals surface area contributed by atoms with Crippen LogP contribution in [-0.4, -0.2) is 30.3 Å². The first-order valence-corrected chi connectivity index (χ1v) is 4.69. The minimum absolute atomic E-state index is 0. The Morgan fingerprint density at radius 3 is 2.20 bits per heavy atom. The van der Waals surface area contributed by atoms with E-state index in [4.69, 9.17) is 5.11 Å². The smallest absolute Gasteiger partial charge is 0.404 e. The largest absolute Gasteiger partial charge is 0.465 e. The summed E-state index contributed by atoms with van der Waals surface area (Å²) < 4.78 is 0. The van der Waals surface area contributed by atoms with E-state index in [1.54, 1.807) is 11.8 Å². The van der Waals surface area contributed by atoms with E-state index in [1.165, 1.54) is 0 Å². The molecule has 0 rings (SSSR count). The first kappa shape index (κ1) is 12.3. The summed E-state index contributed by atoms with van der Waals surface area (Å²) in [4.78, 5) is 9.65. The molecule has 2 N–H and O–H groups in total. The highest BCUT2D eigenvalue weighted by Crippen LogP contribution is 1.70. The number of hydrogen-bond acceptors (Lipinski definition) is 2. The summed E-state index contributed by atoms with van der Waals surface area (Å²) in [5.74, 6) is 0. The van der Waals surface area contributed by atoms with Crippen molar-refractivity contribution in [1.29, 1.82) is 0 Å². The molecule has 0 fully saturated rings. The number of nitrogens with one attached hydrogen (secondary N) is 1. The van der Waals surface area contributed by atoms with Crippen molar-refractivity contribution in [2.45, 2.75) is 13.3 Å². The quantitative estimate of drug-likeness (QED) is 0.660. The van der Waals surface area contributed by atoms with E-state index in [0.717, 1.165) is 6.42 Å². The first-order chi connectivity index (χ1) is 4.68. The van der Waals surface area contributed by atoms with E-state index in [9.17, 15) is 4.79 Å². The van der Waals surface area contributed by atoms with Crippen LogP contribution >= 0.6 is 11.8 Å². The maximum absolute atomic E-state index is 9.65. The molecule has 0 aliphatic rings. The normalized spacial score (nSPS) is 7.50. The number of amides is 1. The molecule has 0 aliphatic carbocycles. The van der Waals surface area contributed by atoms with Gasteiger partial charge in [0.25, 0.3) is 0 Å². The monoisotopic (exact) mass is 167 g/mol. The molecular formula is C6H17NO2S. The zero-order valence-electron chi connectivity index (χ0n) is 6.68. The van der Waals surface area contributed by atoms with E-state index in [1.807, 2.05) is 19.4 Å². The Labute approximate surface area is 67.7 Å². The van der Waals surface area contributed by atoms with Gasteiger partial charge in [-0.25, -0.2) is 4.79 Å². The van der Waals surface area contributed by atoms with Crippen LogP contribution in [0.3, 0.4) is 0 Å². The SMILES string of the molecule is CCCNC(=O)O.CSC.[HH]. The van der Waals surface area contributed by atoms with E-state index >= 15 is 0 Å². The topological polar surface area (TPSA) is 49.3 Å². The fourth-order valence-electron chi connectivity index (χ4n) is 0.232. The lowest BCUT2D eigenvalue weighted by atomic mass is 10.5. The maximum Gasteiger partial charge on any atom is 0.404 e. The highest BCUT2D eigenvalue weighted by Gasteiger charge is 1.86. The zero-order chi connectivity index (χ0) is 8.41. The minimum Gasteiger partial charge on any atom is -0.465 e. The predicted octanol–water partition coefficient (Wildman–Crippen LogP) is 1.89. The van der Waals surface area contributed by atoms with Crippen LogP contribution in [0, 0.1) is 0 Å². The Morgan fingerprint density at radius 1 is 1.70 bits per heavy atom. The summed E-state index contributed by atoms with van der Waals surface area (Å²) in [6.07, 6.45) is 3.99. The van der Waals surface area contributed by atoms with Gasteiger partial charge in [0.15, 0.2) is 0 Å². The lowest BCUT2D eigenvalue weighted by molar-refractivity contribution is 0.194. The Balaban J connectivity index is -0.000000140. The highest BCUT2D eigenvalue weighted by molar-refractivity contribution is 7.97. The lowest BCUT2D eigenvalue weighted by Crippen LogP contribution is -2.20. The average Bonchev–Trinajstić information content (AvgIpc) is 1.85. The summed E-state index contributed by atoms with van der Waals surface area (Å²) in [5.41, 5.74) is 0. The minimum atomic E-state index is -0.943. The van der Waals surface area contributed by atoms with Crippen LogP contribution < -0.4 is 5.32 Å². The predicted molar refractivity (Wildman–Crippen MR) is 47.9 cm³/mol. The fourth-order valence-corrected chi connectivity index (χ4v) is 0.232. The zero-order valence-corrected chi connectivity index (χ0v) is 7.49. The van der Waals surface area contributed by atoms with Gasteiger partial charge < -0.3 is 10.4 Å². The van der Waals surface area contributed by atoms with E-state index in [-0.39, 0.29) is 1.43 Å². The van der Waals surface area contributed by atoms with Gasteiger partial charge in [-0.3, -0.25) is 0 Å². The van der Waals surface area contributed by atoms with Gasteiger partial charge in [-0.1, -0.05) is 6.92 Å². The van der Waals surface area contributed by atoms with Crippen molar-refractivity contribution in [3.8, 4) is 0 Å². The van der Waals surface area contributed by atoms with Crippen molar-refractivity contribution in [1.82, 2.24) is 5.32 Å². The van der Waals surface area contributed by atoms with Gasteiger partial charge >= 0.3 is 6.09 Å². The molecule has 0 aromatic carbocycles. The maximum atomic E-state index is 9.65. The molecule has 64 valence electrons. The van der Waals surface area contributed by atoms with Crippen molar-refractivity contribution in [2.75, 3.05) is 19.1 Å². The molecule has 0 saturated heterocycles. The van der Waals surface area contributed by atoms with E-state index < -0.39 is 6.09 Å². The molecule has 4 heteroatoms. The molecule has 0 radical (unpaired) electrons. The second-order valence-electron chi connectivity index (χ2n) is 1.64. The van der Waals surface area contributed by atoms with Gasteiger partial charge in [-0.15, -0.1) is 0 Å². The third kappa shape index (κ3) is 25.5. The molecule has 0 aromatic rings. The van der Waals surface area contributed by atoms with Gasteiger partial charge in [0.1, 0.15) is 0 Å². The number of thioether (sulfide) groups is 1. The van der Waals surface area contributed by atoms with Gasteiger partial charge in [-0.05, 0) is 18.9 Å². The molecule has 3 nitrogen and oxygen atoms in total. The second-order valence-corrected chi connectivity index (χ2v) is 2.46. The van der Waals surface area contributed by atoms with Crippen LogP contribution in [-0.2, 0) is 0 Å². The van der Waals surface area contributed by atoms with Gasteiger partial charge in [-0.2, -0.15) is 11.8 Å². The standard InChI is InChI=1S/C4H9NO2.C2H6S.H2/c1-2-3-5-4(6)7;1-3-2;/h5H,2-3H2,1H3,(H,6,7);1-2H3;1H. The summed E-state index contributed by atoms with van der Waals surface area (Å²) in [7, 11) is 0. The molecule has 10 heavy (non-hydrogen) atoms. The molecule has 0 aromatic heterocycles. The number of rotatable bonds is 2. The molecule has 0 heterocycles. The van der Waals surface area contributed by atoms with Crippen LogP contribution in [0.4, 0.5) is 4.79 Å². The van der Waals surface area contributed by atoms with Crippen molar-refractivity contribution in [2.24, 2.45) is 0 Å². The van der Waals surface area contributed by atoms with Crippen LogP contribution in [0.5, 0.6) is 0 Å². The molecule has 0 atom stereocenters. The van der Waals surface area contributed by atoms with Gasteiger partial charge in [0, 0.05) is 7.97 Å². The van der Waals surface area contributed by atoms with Gasteiger partial charge in [0.05, 0.1) is 0 Å². The Morgan fingerprint density at radius 2 is 2.10 bits per heavy atom. The molecule has 0 saturated carbocycles. The third-order valence-electron chi connectivity index (χ3n) is 0.526. The van der Waals surface area contributed by atoms with Crippen molar-refractivity contribution in [3.05, 3.63) is 0 Å². The first-order valence-electron chi connectivity index (χ1n) is 3.05. The summed E-state index contributed by atoms with van der Waals surface area (Å²) in [6, 6.07) is 0. The average molecular weight is 167 g/mol. The number of hydrogen-bond donors (Lipinski definition) is 2. The molecule has 1 amide bonds. The van der Waals surface area contributed by atoms with Crippen molar-refractivity contribution < 1.29 is 11.3 Å². The molecular weight excluding hydrogens is 150 g/mol. The van der Waals surface area contributed by atoms with Crippen LogP contribution in [0.15, 0.2) is 0 Å². The molecule has 0 spiro atoms.